The van der Waals surface area contributed by atoms with Gasteiger partial charge in [0.1, 0.15) is 90.1 Å². The largest absolute Gasteiger partial charge is 0.471 e. The maximum Gasteiger partial charge on any atom is 0.243 e. The highest BCUT2D eigenvalue weighted by molar-refractivity contribution is 6.35. The third kappa shape index (κ3) is 25.1. The van der Waals surface area contributed by atoms with Crippen LogP contribution in [0.5, 0.6) is 23.0 Å². The van der Waals surface area contributed by atoms with Crippen molar-refractivity contribution in [2.24, 2.45) is 53.6 Å². The first-order valence-electron chi connectivity index (χ1n) is 43.2. The highest BCUT2D eigenvalue weighted by atomic mass is 35.5. The van der Waals surface area contributed by atoms with Gasteiger partial charge in [-0.05, 0) is 126 Å². The van der Waals surface area contributed by atoms with E-state index in [0.717, 1.165) is 192 Å². The fourth-order valence-electron chi connectivity index (χ4n) is 15.8. The van der Waals surface area contributed by atoms with Gasteiger partial charge in [-0.2, -0.15) is 0 Å². The number of hydrogen-bond acceptors (Lipinski definition) is 36. The van der Waals surface area contributed by atoms with Crippen molar-refractivity contribution in [3.05, 3.63) is 203 Å². The molecular weight excluding hydrogens is 1820 g/mol. The molecule has 0 radical (unpaired) electrons. The average Bonchev–Trinajstić information content (AvgIpc) is 1.70. The Bertz CT molecular complexity index is 5730. The zero-order chi connectivity index (χ0) is 91.3. The Hall–Kier alpha value is -11.5. The standard InChI is InChI=1S/4C18H21ClN6O.C17H20ClN7O.5CH4/c1-11-15(19)13(3-6-21-11)26-17-16-12(9-23-17)24-14(10-22-16)25-7-4-18(2,20)5-8-25;1-11-7-14(12(19)8-21-11)26-17-16-13(9-23-17)24-15(10-22-16)25-5-3-18(2,20)4-6-25;1-10-7-12(20)4-6-25(10)15-9-22-17-13(24-15)8-23-18(17)26-14-3-5-21-11(2)16(14)19;1-18(20)3-6-25(7-4-18)15-10-22-16-14(24-15)9-23-17(16)26-11-12-2-5-21-8-13(12)19;1-17(20)3-6-25(7-4-17)12-9-22-14-10(24-12)8-23-16(14)26-11-2-5-21-15(19)13(11)18;;;;;/h3,6,10H,4-5,7-9,20H2,1-2H3;7-8,10H,3-6,9,20H2,1-2H3;3,5,9-10,12H,4,6-8,20H2,1-2H3;2,5,8,10H,3-4,6-7,9,11,20H2,1H3;2,5,9H,3-4,6-8,20H2,1H3,(H2,19,21);5*1H4/t;;10-,12+;;;;;;;/m..0......./s1. The number of halogens is 5. The number of nitrogens with zero attached hydrogens (tertiary/aromatic N) is 25. The molecule has 10 aromatic rings. The molecule has 10 aliphatic rings. The van der Waals surface area contributed by atoms with E-state index >= 15 is 0 Å². The van der Waals surface area contributed by atoms with Crippen LogP contribution in [0, 0.1) is 20.8 Å². The number of rotatable bonds is 11. The number of aromatic nitrogens is 15. The smallest absolute Gasteiger partial charge is 0.243 e. The number of ether oxygens (including phenoxy) is 5. The summed E-state index contributed by atoms with van der Waals surface area (Å²) in [4.78, 5) is 100. The van der Waals surface area contributed by atoms with Crippen LogP contribution in [0.15, 0.2) is 123 Å². The van der Waals surface area contributed by atoms with E-state index in [2.05, 4.69) is 134 Å². The van der Waals surface area contributed by atoms with Gasteiger partial charge in [-0.3, -0.25) is 19.9 Å². The first-order valence-corrected chi connectivity index (χ1v) is 45.1. The lowest BCUT2D eigenvalue weighted by atomic mass is 9.91. The normalized spacial score (nSPS) is 18.5. The molecule has 0 bridgehead atoms. The van der Waals surface area contributed by atoms with Crippen LogP contribution in [-0.2, 0) is 44.1 Å². The number of piperidine rings is 5. The molecule has 10 aromatic heterocycles. The summed E-state index contributed by atoms with van der Waals surface area (Å²) in [6, 6.07) is 9.30. The monoisotopic (exact) mass is 1940 g/mol. The number of fused-ring (bicyclic) bond motifs is 5. The van der Waals surface area contributed by atoms with Gasteiger partial charge in [0.25, 0.3) is 0 Å². The van der Waals surface area contributed by atoms with E-state index in [1.165, 1.54) is 6.20 Å². The van der Waals surface area contributed by atoms with Crippen molar-refractivity contribution in [1.29, 1.82) is 0 Å². The molecule has 135 heavy (non-hydrogen) atoms. The average molecular weight is 1950 g/mol. The summed E-state index contributed by atoms with van der Waals surface area (Å²) in [5, 5.41) is 2.23. The van der Waals surface area contributed by atoms with Crippen LogP contribution in [-0.4, -0.2) is 197 Å². The molecule has 2 atom stereocenters. The quantitative estimate of drug-likeness (QED) is 0.0700. The Labute approximate surface area is 815 Å². The van der Waals surface area contributed by atoms with Crippen molar-refractivity contribution < 1.29 is 23.7 Å². The SMILES string of the molecule is C.C.C.C.C.CC1(N)CCN(c2cnc3c(n2)CN=C3OCc2ccncc2Cl)CC1.CC1(N)CCN(c2cnc3c(n2)CN=C3Oc2ccnc(N)c2Cl)CC1.Cc1cc(OC2=NCc3nc(N4CCC(C)(N)CC4)cnc32)c(Cl)cn1.Cc1nccc(OC2=NCc3nc(N4CCC(C)(N)CC4)cnc32)c1Cl.Cc1nccc(OC2=NCc3nc(N4CC[C@@H](N)C[C@@H]4C)cnc32)c1Cl. The molecule has 20 rings (SSSR count). The van der Waals surface area contributed by atoms with Crippen molar-refractivity contribution in [1.82, 2.24) is 74.8 Å². The summed E-state index contributed by atoms with van der Waals surface area (Å²) in [7, 11) is 0. The van der Waals surface area contributed by atoms with Crippen molar-refractivity contribution >= 4 is 122 Å². The van der Waals surface area contributed by atoms with Crippen molar-refractivity contribution in [3.8, 4) is 23.0 Å². The lowest BCUT2D eigenvalue weighted by Gasteiger charge is -2.37. The maximum atomic E-state index is 6.26. The summed E-state index contributed by atoms with van der Waals surface area (Å²) in [5.41, 5.74) is 46.8. The molecule has 0 saturated carbocycles. The topological polar surface area (TPSA) is 474 Å². The Morgan fingerprint density at radius 3 is 1.09 bits per heavy atom. The van der Waals surface area contributed by atoms with Crippen LogP contribution < -0.4 is 77.8 Å². The minimum Gasteiger partial charge on any atom is -0.471 e. The fraction of sp³-hybridized carbons (Fsp3) is 0.468. The van der Waals surface area contributed by atoms with Crippen LogP contribution in [0.25, 0.3) is 0 Å². The van der Waals surface area contributed by atoms with Gasteiger partial charge in [0.15, 0.2) is 23.0 Å². The molecule has 20 heterocycles. The van der Waals surface area contributed by atoms with E-state index in [4.69, 9.17) is 141 Å². The lowest BCUT2D eigenvalue weighted by Crippen LogP contribution is -2.48. The Morgan fingerprint density at radius 2 is 0.719 bits per heavy atom. The van der Waals surface area contributed by atoms with Crippen LogP contribution >= 0.6 is 58.0 Å². The zero-order valence-corrected chi connectivity index (χ0v) is 77.4. The van der Waals surface area contributed by atoms with Crippen LogP contribution in [0.1, 0.15) is 216 Å². The van der Waals surface area contributed by atoms with Crippen molar-refractivity contribution in [2.45, 2.75) is 230 Å². The van der Waals surface area contributed by atoms with E-state index in [9.17, 15) is 0 Å². The molecule has 0 amide bonds. The van der Waals surface area contributed by atoms with E-state index in [0.29, 0.717) is 158 Å². The van der Waals surface area contributed by atoms with Gasteiger partial charge in [-0.25, -0.2) is 79.8 Å². The lowest BCUT2D eigenvalue weighted by molar-refractivity contribution is 0.293. The second-order valence-electron chi connectivity index (χ2n) is 35.0. The van der Waals surface area contributed by atoms with E-state index in [1.54, 1.807) is 86.2 Å². The minimum atomic E-state index is -0.101. The first-order chi connectivity index (χ1) is 62.3. The van der Waals surface area contributed by atoms with Crippen molar-refractivity contribution in [2.75, 3.05) is 89.1 Å². The summed E-state index contributed by atoms with van der Waals surface area (Å²) >= 11 is 30.9. The van der Waals surface area contributed by atoms with Gasteiger partial charge in [-0.15, -0.1) is 0 Å². The first kappa shape index (κ1) is 104. The molecule has 0 unspecified atom stereocenters. The van der Waals surface area contributed by atoms with E-state index in [1.807, 2.05) is 26.8 Å². The van der Waals surface area contributed by atoms with Gasteiger partial charge in [-0.1, -0.05) is 95.1 Å². The van der Waals surface area contributed by atoms with Crippen molar-refractivity contribution in [3.63, 3.8) is 0 Å². The summed E-state index contributed by atoms with van der Waals surface area (Å²) in [6.07, 6.45) is 28.0. The van der Waals surface area contributed by atoms with E-state index < -0.39 is 0 Å². The van der Waals surface area contributed by atoms with Gasteiger partial charge in [0, 0.05) is 166 Å². The molecule has 41 heteroatoms. The van der Waals surface area contributed by atoms with Gasteiger partial charge in [0.2, 0.25) is 29.5 Å². The van der Waals surface area contributed by atoms with Crippen LogP contribution in [0.4, 0.5) is 34.9 Å². The number of nitrogen functional groups attached to an aromatic ring is 1. The number of aryl methyl sites for hydroxylation is 3. The third-order valence-electron chi connectivity index (χ3n) is 24.1. The number of hydrogen-bond donors (Lipinski definition) is 6. The maximum absolute atomic E-state index is 6.26. The molecule has 36 nitrogen and oxygen atoms in total. The van der Waals surface area contributed by atoms with Gasteiger partial charge in [0.05, 0.1) is 109 Å². The fourth-order valence-corrected chi connectivity index (χ4v) is 16.5. The molecule has 0 spiro atoms. The van der Waals surface area contributed by atoms with E-state index in [-0.39, 0.29) is 76.2 Å². The summed E-state index contributed by atoms with van der Waals surface area (Å²) in [6.45, 7) is 26.7. The second kappa shape index (κ2) is 44.6. The second-order valence-corrected chi connectivity index (χ2v) is 36.9. The zero-order valence-electron chi connectivity index (χ0n) is 73.6. The Balaban J connectivity index is 0.000000161. The highest BCUT2D eigenvalue weighted by Crippen LogP contribution is 2.37. The molecular formula is C94H124Cl5N31O5. The number of nitrogens with two attached hydrogens (primary N) is 6. The summed E-state index contributed by atoms with van der Waals surface area (Å²) in [5.74, 6) is 8.75. The third-order valence-corrected chi connectivity index (χ3v) is 26.0. The molecule has 720 valence electrons. The number of anilines is 6. The van der Waals surface area contributed by atoms with Gasteiger partial charge < -0.3 is 82.6 Å². The Kier molecular flexibility index (Phi) is 34.3. The molecule has 0 aliphatic carbocycles. The molecule has 5 fully saturated rings. The predicted molar refractivity (Wildman–Crippen MR) is 537 cm³/mol. The number of pyridine rings is 5. The molecule has 0 aromatic carbocycles. The van der Waals surface area contributed by atoms with Crippen LogP contribution in [0.2, 0.25) is 25.1 Å². The van der Waals surface area contributed by atoms with Crippen LogP contribution in [0.3, 0.4) is 0 Å². The predicted octanol–water partition coefficient (Wildman–Crippen LogP) is 14.7. The highest BCUT2D eigenvalue weighted by Gasteiger charge is 2.36. The summed E-state index contributed by atoms with van der Waals surface area (Å²) < 4.78 is 29.2. The Morgan fingerprint density at radius 1 is 0.385 bits per heavy atom. The molecule has 5 saturated heterocycles. The van der Waals surface area contributed by atoms with Gasteiger partial charge >= 0.3 is 0 Å². The minimum absolute atomic E-state index is 0. The number of aliphatic imine (C=N–C) groups is 5. The molecule has 12 N–H and O–H groups in total. The molecule has 10 aliphatic heterocycles.